The Labute approximate surface area is 191 Å². The van der Waals surface area contributed by atoms with E-state index >= 15 is 0 Å². The van der Waals surface area contributed by atoms with Gasteiger partial charge in [0.1, 0.15) is 11.6 Å². The zero-order chi connectivity index (χ0) is 23.3. The molecule has 0 amide bonds. The molecule has 2 aromatic carbocycles. The van der Waals surface area contributed by atoms with Gasteiger partial charge in [-0.1, -0.05) is 23.7 Å². The zero-order valence-corrected chi connectivity index (χ0v) is 18.1. The Kier molecular flexibility index (Phi) is 5.23. The summed E-state index contributed by atoms with van der Waals surface area (Å²) < 4.78 is 63.1. The summed E-state index contributed by atoms with van der Waals surface area (Å²) in [7, 11) is 0. The maximum absolute atomic E-state index is 14.8. The fraction of sp³-hybridized carbons (Fsp3) is 0.261. The Morgan fingerprint density at radius 3 is 2.64 bits per heavy atom. The minimum absolute atomic E-state index is 0.0153. The molecule has 0 saturated carbocycles. The second-order valence-electron chi connectivity index (χ2n) is 7.90. The Hall–Kier alpha value is -3.20. The molecule has 4 aromatic rings. The van der Waals surface area contributed by atoms with Crippen molar-refractivity contribution in [2.24, 2.45) is 0 Å². The molecule has 2 aromatic heterocycles. The van der Waals surface area contributed by atoms with Gasteiger partial charge in [0.15, 0.2) is 17.5 Å². The van der Waals surface area contributed by atoms with E-state index < -0.39 is 23.5 Å². The summed E-state index contributed by atoms with van der Waals surface area (Å²) in [6.07, 6.45) is -1.99. The molecule has 5 nitrogen and oxygen atoms in total. The van der Waals surface area contributed by atoms with Gasteiger partial charge in [-0.2, -0.15) is 13.2 Å². The smallest absolute Gasteiger partial charge is 0.416 e. The van der Waals surface area contributed by atoms with Gasteiger partial charge >= 0.3 is 6.18 Å². The van der Waals surface area contributed by atoms with E-state index in [2.05, 4.69) is 15.2 Å². The molecule has 0 radical (unpaired) electrons. The molecule has 33 heavy (non-hydrogen) atoms. The molecule has 0 saturated heterocycles. The number of hydrogen-bond donors (Lipinski definition) is 0. The van der Waals surface area contributed by atoms with Crippen molar-refractivity contribution >= 4 is 11.6 Å². The summed E-state index contributed by atoms with van der Waals surface area (Å²) in [5.41, 5.74) is 0.0513. The van der Waals surface area contributed by atoms with Gasteiger partial charge in [-0.15, -0.1) is 10.2 Å². The van der Waals surface area contributed by atoms with E-state index in [1.165, 1.54) is 24.4 Å². The van der Waals surface area contributed by atoms with Crippen LogP contribution in [0.2, 0.25) is 5.02 Å². The average Bonchev–Trinajstić information content (AvgIpc) is 3.39. The van der Waals surface area contributed by atoms with Gasteiger partial charge in [0.2, 0.25) is 0 Å². The highest BCUT2D eigenvalue weighted by Gasteiger charge is 2.38. The van der Waals surface area contributed by atoms with Crippen molar-refractivity contribution in [2.45, 2.75) is 38.4 Å². The third-order valence-corrected chi connectivity index (χ3v) is 6.01. The van der Waals surface area contributed by atoms with Crippen molar-refractivity contribution in [1.82, 2.24) is 19.7 Å². The van der Waals surface area contributed by atoms with Crippen molar-refractivity contribution in [3.8, 4) is 22.7 Å². The maximum Gasteiger partial charge on any atom is 0.416 e. The monoisotopic (exact) mass is 476 g/mol. The topological polar surface area (TPSA) is 56.7 Å². The lowest BCUT2D eigenvalue weighted by Gasteiger charge is -2.26. The van der Waals surface area contributed by atoms with Crippen LogP contribution in [0.4, 0.5) is 17.6 Å². The molecule has 0 bridgehead atoms. The van der Waals surface area contributed by atoms with Crippen LogP contribution in [0, 0.1) is 12.7 Å². The predicted octanol–water partition coefficient (Wildman–Crippen LogP) is 6.65. The number of fused-ring (bicyclic) bond motifs is 1. The molecule has 0 fully saturated rings. The van der Waals surface area contributed by atoms with Crippen LogP contribution in [0.25, 0.3) is 22.7 Å². The van der Waals surface area contributed by atoms with Gasteiger partial charge < -0.3 is 8.98 Å². The number of nitrogens with zero attached hydrogens (tertiary/aromatic N) is 4. The highest BCUT2D eigenvalue weighted by atomic mass is 35.5. The van der Waals surface area contributed by atoms with Crippen LogP contribution in [0.15, 0.2) is 47.0 Å². The SMILES string of the molecule is Cc1ncc(-c2ccc(-c3nnc4n3CCCC4c3ccc(Cl)cc3C(F)(F)F)cc2F)o1. The van der Waals surface area contributed by atoms with E-state index in [0.29, 0.717) is 48.2 Å². The molecular formula is C23H17ClF4N4O. The third-order valence-electron chi connectivity index (χ3n) is 5.78. The molecular weight excluding hydrogens is 460 g/mol. The highest BCUT2D eigenvalue weighted by Crippen LogP contribution is 2.42. The van der Waals surface area contributed by atoms with E-state index in [-0.39, 0.29) is 16.1 Å². The number of halogens is 5. The van der Waals surface area contributed by atoms with E-state index in [1.807, 2.05) is 0 Å². The number of hydrogen-bond acceptors (Lipinski definition) is 4. The summed E-state index contributed by atoms with van der Waals surface area (Å²) in [6, 6.07) is 8.34. The average molecular weight is 477 g/mol. The lowest BCUT2D eigenvalue weighted by molar-refractivity contribution is -0.138. The van der Waals surface area contributed by atoms with Crippen LogP contribution < -0.4 is 0 Å². The van der Waals surface area contributed by atoms with E-state index in [0.717, 1.165) is 6.07 Å². The number of oxazole rings is 1. The Morgan fingerprint density at radius 2 is 1.94 bits per heavy atom. The first-order valence-electron chi connectivity index (χ1n) is 10.2. The van der Waals surface area contributed by atoms with E-state index in [1.54, 1.807) is 23.6 Å². The molecule has 5 rings (SSSR count). The third kappa shape index (κ3) is 3.90. The number of alkyl halides is 3. The standard InChI is InChI=1S/C23H17ClF4N4O/c1-12-29-11-20(33-12)17-6-4-13(9-19(17)25)21-30-31-22-16(3-2-8-32(21)22)15-7-5-14(24)10-18(15)23(26,27)28/h4-7,9-11,16H,2-3,8H2,1H3. The number of aryl methyl sites for hydroxylation is 1. The van der Waals surface area contributed by atoms with Gasteiger partial charge in [0.25, 0.3) is 0 Å². The molecule has 1 aliphatic heterocycles. The summed E-state index contributed by atoms with van der Waals surface area (Å²) >= 11 is 5.84. The van der Waals surface area contributed by atoms with Gasteiger partial charge in [0, 0.05) is 30.0 Å². The molecule has 0 N–H and O–H groups in total. The van der Waals surface area contributed by atoms with Crippen LogP contribution in [0.1, 0.15) is 41.6 Å². The normalized spacial score (nSPS) is 16.1. The van der Waals surface area contributed by atoms with E-state index in [4.69, 9.17) is 16.0 Å². The fourth-order valence-corrected chi connectivity index (χ4v) is 4.47. The minimum Gasteiger partial charge on any atom is -0.441 e. The molecule has 1 atom stereocenters. The van der Waals surface area contributed by atoms with Gasteiger partial charge in [-0.05, 0) is 42.7 Å². The summed E-state index contributed by atoms with van der Waals surface area (Å²) in [4.78, 5) is 3.98. The molecule has 1 unspecified atom stereocenters. The zero-order valence-electron chi connectivity index (χ0n) is 17.3. The predicted molar refractivity (Wildman–Crippen MR) is 113 cm³/mol. The summed E-state index contributed by atoms with van der Waals surface area (Å²) in [6.45, 7) is 2.19. The van der Waals surface area contributed by atoms with Crippen LogP contribution >= 0.6 is 11.6 Å². The van der Waals surface area contributed by atoms with Crippen molar-refractivity contribution in [1.29, 1.82) is 0 Å². The first-order chi connectivity index (χ1) is 15.7. The van der Waals surface area contributed by atoms with Crippen LogP contribution in [0.3, 0.4) is 0 Å². The van der Waals surface area contributed by atoms with Gasteiger partial charge in [-0.3, -0.25) is 0 Å². The van der Waals surface area contributed by atoms with Crippen molar-refractivity contribution in [3.05, 3.63) is 76.3 Å². The quantitative estimate of drug-likeness (QED) is 0.311. The Bertz CT molecular complexity index is 1340. The first kappa shape index (κ1) is 21.6. The molecule has 1 aliphatic rings. The maximum atomic E-state index is 14.8. The molecule has 0 spiro atoms. The molecule has 170 valence electrons. The largest absolute Gasteiger partial charge is 0.441 e. The fourth-order valence-electron chi connectivity index (χ4n) is 4.30. The molecule has 0 aliphatic carbocycles. The molecule has 10 heteroatoms. The van der Waals surface area contributed by atoms with Crippen LogP contribution in [0.5, 0.6) is 0 Å². The summed E-state index contributed by atoms with van der Waals surface area (Å²) in [5.74, 6) is 0.421. The highest BCUT2D eigenvalue weighted by molar-refractivity contribution is 6.30. The second-order valence-corrected chi connectivity index (χ2v) is 8.33. The van der Waals surface area contributed by atoms with Gasteiger partial charge in [-0.25, -0.2) is 9.37 Å². The Morgan fingerprint density at radius 1 is 1.12 bits per heavy atom. The van der Waals surface area contributed by atoms with Crippen molar-refractivity contribution in [3.63, 3.8) is 0 Å². The van der Waals surface area contributed by atoms with Crippen molar-refractivity contribution < 1.29 is 22.0 Å². The van der Waals surface area contributed by atoms with Gasteiger partial charge in [0.05, 0.1) is 17.3 Å². The summed E-state index contributed by atoms with van der Waals surface area (Å²) in [5, 5.41) is 8.43. The van der Waals surface area contributed by atoms with Crippen LogP contribution in [-0.4, -0.2) is 19.7 Å². The van der Waals surface area contributed by atoms with E-state index in [9.17, 15) is 17.6 Å². The minimum atomic E-state index is -4.55. The number of aromatic nitrogens is 4. The van der Waals surface area contributed by atoms with Crippen molar-refractivity contribution in [2.75, 3.05) is 0 Å². The lowest BCUT2D eigenvalue weighted by atomic mass is 9.87. The van der Waals surface area contributed by atoms with Crippen LogP contribution in [-0.2, 0) is 12.7 Å². The first-order valence-corrected chi connectivity index (χ1v) is 10.6. The number of rotatable bonds is 3. The second kappa shape index (κ2) is 7.98. The number of benzene rings is 2. The Balaban J connectivity index is 1.55. The lowest BCUT2D eigenvalue weighted by Crippen LogP contribution is -2.21. The molecule has 3 heterocycles.